The lowest BCUT2D eigenvalue weighted by atomic mass is 10.1. The fourth-order valence-electron chi connectivity index (χ4n) is 2.84. The summed E-state index contributed by atoms with van der Waals surface area (Å²) in [6, 6.07) is 17.5. The number of rotatable bonds is 3. The molecule has 0 aliphatic heterocycles. The van der Waals surface area contributed by atoms with Crippen molar-refractivity contribution in [2.75, 3.05) is 7.11 Å². The molecule has 124 valence electrons. The van der Waals surface area contributed by atoms with Crippen LogP contribution in [-0.4, -0.2) is 27.1 Å². The Morgan fingerprint density at radius 1 is 0.920 bits per heavy atom. The summed E-state index contributed by atoms with van der Waals surface area (Å²) < 4.78 is 7.02. The molecule has 0 unspecified atom stereocenters. The molecule has 0 aliphatic rings. The average Bonchev–Trinajstić information content (AvgIpc) is 3.00. The van der Waals surface area contributed by atoms with Crippen LogP contribution in [0.25, 0.3) is 33.5 Å². The van der Waals surface area contributed by atoms with Gasteiger partial charge in [0.15, 0.2) is 5.65 Å². The molecule has 0 atom stereocenters. The van der Waals surface area contributed by atoms with E-state index < -0.39 is 0 Å². The van der Waals surface area contributed by atoms with Crippen molar-refractivity contribution in [3.8, 4) is 28.3 Å². The molecular formula is C19H15ClN4O. The van der Waals surface area contributed by atoms with Gasteiger partial charge in [-0.3, -0.25) is 0 Å². The van der Waals surface area contributed by atoms with Crippen LogP contribution in [0.2, 0.25) is 5.02 Å². The summed E-state index contributed by atoms with van der Waals surface area (Å²) in [6.07, 6.45) is 0. The molecule has 0 fully saturated rings. The fraction of sp³-hybridized carbons (Fsp3) is 0.105. The topological polar surface area (TPSA) is 52.8 Å². The molecule has 0 saturated carbocycles. The zero-order valence-corrected chi connectivity index (χ0v) is 14.5. The molecule has 0 saturated heterocycles. The molecule has 0 N–H and O–H groups in total. The Labute approximate surface area is 149 Å². The summed E-state index contributed by atoms with van der Waals surface area (Å²) in [4.78, 5) is 0. The number of benzene rings is 2. The lowest BCUT2D eigenvalue weighted by molar-refractivity contribution is 0.415. The van der Waals surface area contributed by atoms with Crippen molar-refractivity contribution in [2.45, 2.75) is 0 Å². The van der Waals surface area contributed by atoms with Gasteiger partial charge in [0.2, 0.25) is 0 Å². The van der Waals surface area contributed by atoms with Gasteiger partial charge in [0, 0.05) is 18.2 Å². The molecule has 2 aromatic carbocycles. The average molecular weight is 351 g/mol. The van der Waals surface area contributed by atoms with E-state index in [2.05, 4.69) is 15.3 Å². The van der Waals surface area contributed by atoms with Crippen molar-refractivity contribution in [3.63, 3.8) is 0 Å². The highest BCUT2D eigenvalue weighted by Gasteiger charge is 2.19. The van der Waals surface area contributed by atoms with Crippen LogP contribution in [0.4, 0.5) is 0 Å². The third kappa shape index (κ3) is 2.62. The molecule has 2 aromatic heterocycles. The zero-order valence-electron chi connectivity index (χ0n) is 13.8. The van der Waals surface area contributed by atoms with Crippen molar-refractivity contribution >= 4 is 22.6 Å². The van der Waals surface area contributed by atoms with Crippen molar-refractivity contribution < 1.29 is 4.74 Å². The first-order chi connectivity index (χ1) is 12.2. The fourth-order valence-corrected chi connectivity index (χ4v) is 3.17. The van der Waals surface area contributed by atoms with Gasteiger partial charge in [0.05, 0.1) is 17.5 Å². The maximum atomic E-state index is 6.73. The summed E-state index contributed by atoms with van der Waals surface area (Å²) in [5.74, 6) is 0.762. The van der Waals surface area contributed by atoms with Gasteiger partial charge in [-0.2, -0.15) is 5.10 Å². The number of hydrogen-bond donors (Lipinski definition) is 0. The van der Waals surface area contributed by atoms with E-state index in [1.807, 2.05) is 61.6 Å². The second kappa shape index (κ2) is 6.18. The van der Waals surface area contributed by atoms with Crippen LogP contribution in [0.3, 0.4) is 0 Å². The number of nitrogens with zero attached hydrogens (tertiary/aromatic N) is 4. The molecular weight excluding hydrogens is 336 g/mol. The first-order valence-corrected chi connectivity index (χ1v) is 8.15. The van der Waals surface area contributed by atoms with E-state index in [0.717, 1.165) is 28.0 Å². The molecule has 6 heteroatoms. The van der Waals surface area contributed by atoms with Crippen molar-refractivity contribution in [3.05, 3.63) is 59.6 Å². The first kappa shape index (κ1) is 15.6. The molecule has 0 spiro atoms. The lowest BCUT2D eigenvalue weighted by Crippen LogP contribution is -1.95. The monoisotopic (exact) mass is 350 g/mol. The maximum Gasteiger partial charge on any atom is 0.182 e. The van der Waals surface area contributed by atoms with E-state index in [0.29, 0.717) is 16.4 Å². The number of aromatic nitrogens is 4. The van der Waals surface area contributed by atoms with Crippen LogP contribution in [0.1, 0.15) is 0 Å². The maximum absolute atomic E-state index is 6.73. The minimum atomic E-state index is 0.544. The largest absolute Gasteiger partial charge is 0.497 e. The number of halogens is 1. The van der Waals surface area contributed by atoms with Gasteiger partial charge in [-0.1, -0.05) is 54.1 Å². The van der Waals surface area contributed by atoms with Gasteiger partial charge >= 0.3 is 0 Å². The Morgan fingerprint density at radius 2 is 1.68 bits per heavy atom. The van der Waals surface area contributed by atoms with Crippen LogP contribution in [0.5, 0.6) is 5.75 Å². The Kier molecular flexibility index (Phi) is 3.86. The Hall–Kier alpha value is -2.92. The first-order valence-electron chi connectivity index (χ1n) is 7.78. The van der Waals surface area contributed by atoms with E-state index in [4.69, 9.17) is 16.3 Å². The molecule has 4 rings (SSSR count). The highest BCUT2D eigenvalue weighted by atomic mass is 35.5. The minimum Gasteiger partial charge on any atom is -0.497 e. The van der Waals surface area contributed by atoms with Crippen LogP contribution in [0, 0.1) is 0 Å². The molecule has 0 amide bonds. The summed E-state index contributed by atoms with van der Waals surface area (Å²) in [7, 11) is 3.47. The third-order valence-corrected chi connectivity index (χ3v) is 4.45. The minimum absolute atomic E-state index is 0.544. The molecule has 25 heavy (non-hydrogen) atoms. The van der Waals surface area contributed by atoms with Gasteiger partial charge in [-0.25, -0.2) is 4.68 Å². The quantitative estimate of drug-likeness (QED) is 0.551. The van der Waals surface area contributed by atoms with Crippen LogP contribution in [0.15, 0.2) is 54.6 Å². The zero-order chi connectivity index (χ0) is 17.4. The van der Waals surface area contributed by atoms with Crippen LogP contribution in [-0.2, 0) is 7.05 Å². The molecule has 0 bridgehead atoms. The van der Waals surface area contributed by atoms with Gasteiger partial charge in [-0.05, 0) is 12.1 Å². The third-order valence-electron chi connectivity index (χ3n) is 4.08. The Balaban J connectivity index is 1.99. The molecule has 5 nitrogen and oxygen atoms in total. The molecule has 0 aliphatic carbocycles. The summed E-state index contributed by atoms with van der Waals surface area (Å²) >= 11 is 6.73. The van der Waals surface area contributed by atoms with E-state index in [1.54, 1.807) is 11.8 Å². The van der Waals surface area contributed by atoms with E-state index >= 15 is 0 Å². The highest BCUT2D eigenvalue weighted by Crippen LogP contribution is 2.37. The normalized spacial score (nSPS) is 11.0. The van der Waals surface area contributed by atoms with Crippen molar-refractivity contribution in [1.82, 2.24) is 20.0 Å². The number of methoxy groups -OCH3 is 1. The number of hydrogen-bond acceptors (Lipinski definition) is 4. The lowest BCUT2D eigenvalue weighted by Gasteiger charge is -2.06. The molecule has 2 heterocycles. The predicted octanol–water partition coefficient (Wildman–Crippen LogP) is 4.36. The van der Waals surface area contributed by atoms with Crippen molar-refractivity contribution in [2.24, 2.45) is 7.05 Å². The van der Waals surface area contributed by atoms with Gasteiger partial charge in [0.1, 0.15) is 17.1 Å². The van der Waals surface area contributed by atoms with Gasteiger partial charge in [0.25, 0.3) is 0 Å². The summed E-state index contributed by atoms with van der Waals surface area (Å²) in [5.41, 5.74) is 3.88. The Morgan fingerprint density at radius 3 is 2.44 bits per heavy atom. The molecule has 4 aromatic rings. The SMILES string of the molecule is COc1cccc(-c2nn(C)c3nnc(-c4ccccc4)c(Cl)c23)c1. The Bertz CT molecular complexity index is 1060. The van der Waals surface area contributed by atoms with Crippen LogP contribution >= 0.6 is 11.6 Å². The van der Waals surface area contributed by atoms with Crippen molar-refractivity contribution in [1.29, 1.82) is 0 Å². The standard InChI is InChI=1S/C19H15ClN4O/c1-24-19-15(17(23-24)13-9-6-10-14(11-13)25-2)16(20)18(21-22-19)12-7-4-3-5-8-12/h3-11H,1-2H3. The predicted molar refractivity (Wildman–Crippen MR) is 98.7 cm³/mol. The van der Waals surface area contributed by atoms with Gasteiger partial charge in [-0.15, -0.1) is 10.2 Å². The number of ether oxygens (including phenoxy) is 1. The smallest absolute Gasteiger partial charge is 0.182 e. The van der Waals surface area contributed by atoms with E-state index in [9.17, 15) is 0 Å². The summed E-state index contributed by atoms with van der Waals surface area (Å²) in [6.45, 7) is 0. The second-order valence-corrected chi connectivity index (χ2v) is 6.01. The summed E-state index contributed by atoms with van der Waals surface area (Å²) in [5, 5.41) is 14.6. The van der Waals surface area contributed by atoms with Crippen LogP contribution < -0.4 is 4.74 Å². The van der Waals surface area contributed by atoms with E-state index in [1.165, 1.54) is 0 Å². The van der Waals surface area contributed by atoms with Gasteiger partial charge < -0.3 is 4.74 Å². The molecule has 0 radical (unpaired) electrons. The number of aryl methyl sites for hydroxylation is 1. The highest BCUT2D eigenvalue weighted by molar-refractivity contribution is 6.38. The van der Waals surface area contributed by atoms with E-state index in [-0.39, 0.29) is 0 Å². The second-order valence-electron chi connectivity index (χ2n) is 5.63. The number of fused-ring (bicyclic) bond motifs is 1.